The van der Waals surface area contributed by atoms with Crippen LogP contribution in [-0.2, 0) is 0 Å². The molecule has 0 bridgehead atoms. The summed E-state index contributed by atoms with van der Waals surface area (Å²) >= 11 is 3.36. The zero-order valence-corrected chi connectivity index (χ0v) is 16.2. The van der Waals surface area contributed by atoms with Gasteiger partial charge in [-0.25, -0.2) is 0 Å². The van der Waals surface area contributed by atoms with E-state index in [4.69, 9.17) is 5.73 Å². The Balaban J connectivity index is 1.79. The first-order valence-corrected chi connectivity index (χ1v) is 9.15. The van der Waals surface area contributed by atoms with E-state index in [2.05, 4.69) is 36.5 Å². The van der Waals surface area contributed by atoms with Gasteiger partial charge in [0, 0.05) is 23.4 Å². The fourth-order valence-corrected chi connectivity index (χ4v) is 3.00. The number of aliphatic hydroxyl groups excluding tert-OH is 1. The van der Waals surface area contributed by atoms with Crippen LogP contribution in [0, 0.1) is 0 Å². The Kier molecular flexibility index (Phi) is 6.07. The average Bonchev–Trinajstić information content (AvgIpc) is 2.67. The summed E-state index contributed by atoms with van der Waals surface area (Å²) in [6.07, 6.45) is 3.48. The molecule has 0 fully saturated rings. The number of nitrogen functional groups attached to an aromatic ring is 1. The summed E-state index contributed by atoms with van der Waals surface area (Å²) in [7, 11) is 0. The summed E-state index contributed by atoms with van der Waals surface area (Å²) in [5.74, 6) is -0.638. The number of nitrogens with two attached hydrogens (primary N) is 1. The van der Waals surface area contributed by atoms with E-state index in [9.17, 15) is 14.7 Å². The van der Waals surface area contributed by atoms with Crippen molar-refractivity contribution in [1.82, 2.24) is 9.97 Å². The number of rotatable bonds is 6. The van der Waals surface area contributed by atoms with Crippen LogP contribution < -0.4 is 21.9 Å². The highest BCUT2D eigenvalue weighted by molar-refractivity contribution is 9.10. The van der Waals surface area contributed by atoms with Crippen molar-refractivity contribution in [2.24, 2.45) is 0 Å². The van der Waals surface area contributed by atoms with Crippen LogP contribution in [0.15, 0.2) is 64.3 Å². The predicted octanol–water partition coefficient (Wildman–Crippen LogP) is 2.51. The maximum Gasteiger partial charge on any atom is 0.263 e. The molecule has 1 unspecified atom stereocenters. The first-order valence-electron chi connectivity index (χ1n) is 8.35. The van der Waals surface area contributed by atoms with Crippen LogP contribution in [0.5, 0.6) is 0 Å². The highest BCUT2D eigenvalue weighted by Crippen LogP contribution is 2.21. The van der Waals surface area contributed by atoms with E-state index in [-0.39, 0.29) is 17.8 Å². The van der Waals surface area contributed by atoms with Gasteiger partial charge in [0.25, 0.3) is 11.5 Å². The molecule has 0 saturated heterocycles. The quantitative estimate of drug-likeness (QED) is 0.397. The normalized spacial score (nSPS) is 11.6. The van der Waals surface area contributed by atoms with Crippen LogP contribution in [-0.4, -0.2) is 27.5 Å². The molecule has 28 heavy (non-hydrogen) atoms. The van der Waals surface area contributed by atoms with Gasteiger partial charge in [-0.2, -0.15) is 0 Å². The molecule has 2 aromatic heterocycles. The molecule has 0 spiro atoms. The Morgan fingerprint density at radius 1 is 1.29 bits per heavy atom. The molecule has 0 aliphatic rings. The number of nitrogens with zero attached hydrogens (tertiary/aromatic N) is 1. The molecule has 0 aliphatic heterocycles. The number of hydrogen-bond acceptors (Lipinski definition) is 6. The summed E-state index contributed by atoms with van der Waals surface area (Å²) in [5, 5.41) is 15.9. The number of nitrogens with one attached hydrogen (secondary N) is 3. The third-order valence-corrected chi connectivity index (χ3v) is 4.50. The van der Waals surface area contributed by atoms with Crippen molar-refractivity contribution in [2.75, 3.05) is 22.9 Å². The van der Waals surface area contributed by atoms with Gasteiger partial charge in [0.2, 0.25) is 0 Å². The van der Waals surface area contributed by atoms with Gasteiger partial charge in [0.05, 0.1) is 29.4 Å². The molecular formula is C19H18BrN5O3. The maximum absolute atomic E-state index is 12.6. The maximum atomic E-state index is 12.6. The molecule has 1 atom stereocenters. The van der Waals surface area contributed by atoms with Gasteiger partial charge in [-0.15, -0.1) is 0 Å². The number of carbonyl (C=O) groups is 1. The van der Waals surface area contributed by atoms with E-state index in [1.807, 2.05) is 12.1 Å². The number of benzene rings is 1. The van der Waals surface area contributed by atoms with E-state index in [0.717, 1.165) is 4.47 Å². The molecule has 0 aliphatic carbocycles. The first-order chi connectivity index (χ1) is 13.5. The van der Waals surface area contributed by atoms with Crippen molar-refractivity contribution in [2.45, 2.75) is 6.10 Å². The number of hydrogen-bond donors (Lipinski definition) is 5. The smallest absolute Gasteiger partial charge is 0.263 e. The minimum absolute atomic E-state index is 0.106. The van der Waals surface area contributed by atoms with Crippen LogP contribution in [0.3, 0.4) is 0 Å². The number of carbonyl (C=O) groups excluding carboxylic acids is 1. The standard InChI is InChI=1S/C19H18BrN5O3/c20-12-3-1-2-11(8-12)16(26)10-24-14-5-7-23-18(27)17(14)19(28)25-15-9-22-6-4-13(15)21/h1-9,16,26H,10H2,(H2,21,22)(H,25,28)(H2,23,24,27). The Morgan fingerprint density at radius 2 is 2.11 bits per heavy atom. The van der Waals surface area contributed by atoms with Crippen LogP contribution >= 0.6 is 15.9 Å². The second-order valence-electron chi connectivity index (χ2n) is 5.96. The van der Waals surface area contributed by atoms with Crippen LogP contribution in [0.2, 0.25) is 0 Å². The Morgan fingerprint density at radius 3 is 2.86 bits per heavy atom. The second-order valence-corrected chi connectivity index (χ2v) is 6.88. The lowest BCUT2D eigenvalue weighted by atomic mass is 10.1. The number of pyridine rings is 2. The Labute approximate surface area is 169 Å². The van der Waals surface area contributed by atoms with Gasteiger partial charge in [-0.3, -0.25) is 14.6 Å². The van der Waals surface area contributed by atoms with E-state index in [0.29, 0.717) is 16.9 Å². The fraction of sp³-hybridized carbons (Fsp3) is 0.105. The number of amides is 1. The highest BCUT2D eigenvalue weighted by Gasteiger charge is 2.18. The molecule has 3 rings (SSSR count). The minimum Gasteiger partial charge on any atom is -0.397 e. The number of H-pyrrole nitrogens is 1. The van der Waals surface area contributed by atoms with Crippen molar-refractivity contribution in [3.05, 3.63) is 80.9 Å². The molecule has 8 nitrogen and oxygen atoms in total. The van der Waals surface area contributed by atoms with Crippen molar-refractivity contribution in [3.8, 4) is 0 Å². The number of aromatic nitrogens is 2. The number of anilines is 3. The predicted molar refractivity (Wildman–Crippen MR) is 111 cm³/mol. The molecule has 9 heteroatoms. The van der Waals surface area contributed by atoms with Gasteiger partial charge >= 0.3 is 0 Å². The highest BCUT2D eigenvalue weighted by atomic mass is 79.9. The van der Waals surface area contributed by atoms with Crippen LogP contribution in [0.1, 0.15) is 22.0 Å². The first kappa shape index (κ1) is 19.6. The number of aromatic amines is 1. The zero-order chi connectivity index (χ0) is 20.1. The van der Waals surface area contributed by atoms with Gasteiger partial charge in [0.15, 0.2) is 0 Å². The Hall–Kier alpha value is -3.17. The molecule has 144 valence electrons. The van der Waals surface area contributed by atoms with E-state index < -0.39 is 17.6 Å². The van der Waals surface area contributed by atoms with Crippen LogP contribution in [0.4, 0.5) is 17.1 Å². The lowest BCUT2D eigenvalue weighted by Crippen LogP contribution is -2.26. The summed E-state index contributed by atoms with van der Waals surface area (Å²) in [5.41, 5.74) is 6.73. The average molecular weight is 444 g/mol. The lowest BCUT2D eigenvalue weighted by Gasteiger charge is -2.16. The van der Waals surface area contributed by atoms with E-state index >= 15 is 0 Å². The molecule has 0 radical (unpaired) electrons. The van der Waals surface area contributed by atoms with Gasteiger partial charge in [-0.1, -0.05) is 28.1 Å². The number of aliphatic hydroxyl groups is 1. The van der Waals surface area contributed by atoms with Gasteiger partial charge in [0.1, 0.15) is 5.56 Å². The molecule has 6 N–H and O–H groups in total. The fourth-order valence-electron chi connectivity index (χ4n) is 2.58. The van der Waals surface area contributed by atoms with Crippen molar-refractivity contribution < 1.29 is 9.90 Å². The second kappa shape index (κ2) is 8.68. The molecular weight excluding hydrogens is 426 g/mol. The molecule has 1 amide bonds. The number of halogens is 1. The van der Waals surface area contributed by atoms with Crippen LogP contribution in [0.25, 0.3) is 0 Å². The van der Waals surface area contributed by atoms with Crippen molar-refractivity contribution in [3.63, 3.8) is 0 Å². The van der Waals surface area contributed by atoms with Gasteiger partial charge in [-0.05, 0) is 29.8 Å². The Bertz CT molecular complexity index is 1050. The minimum atomic E-state index is -0.832. The SMILES string of the molecule is Nc1ccncc1NC(=O)c1c(NCC(O)c2cccc(Br)c2)cc[nH]c1=O. The topological polar surface area (TPSA) is 133 Å². The van der Waals surface area contributed by atoms with Crippen molar-refractivity contribution >= 4 is 38.9 Å². The summed E-state index contributed by atoms with van der Waals surface area (Å²) < 4.78 is 0.842. The largest absolute Gasteiger partial charge is 0.397 e. The molecule has 3 aromatic rings. The summed E-state index contributed by atoms with van der Waals surface area (Å²) in [4.78, 5) is 31.3. The molecule has 2 heterocycles. The van der Waals surface area contributed by atoms with E-state index in [1.165, 1.54) is 18.6 Å². The lowest BCUT2D eigenvalue weighted by molar-refractivity contribution is 0.102. The molecule has 1 aromatic carbocycles. The third-order valence-electron chi connectivity index (χ3n) is 4.01. The summed E-state index contributed by atoms with van der Waals surface area (Å²) in [6.45, 7) is 0.106. The molecule has 0 saturated carbocycles. The third kappa shape index (κ3) is 4.56. The van der Waals surface area contributed by atoms with Gasteiger partial charge < -0.3 is 26.5 Å². The summed E-state index contributed by atoms with van der Waals surface area (Å²) in [6, 6.07) is 10.3. The van der Waals surface area contributed by atoms with E-state index in [1.54, 1.807) is 24.3 Å². The monoisotopic (exact) mass is 443 g/mol. The zero-order valence-electron chi connectivity index (χ0n) is 14.6. The van der Waals surface area contributed by atoms with Crippen molar-refractivity contribution in [1.29, 1.82) is 0 Å².